The van der Waals surface area contributed by atoms with Gasteiger partial charge in [0.2, 0.25) is 41.4 Å². The van der Waals surface area contributed by atoms with Crippen LogP contribution in [0.15, 0.2) is 103 Å². The van der Waals surface area contributed by atoms with Gasteiger partial charge >= 0.3 is 11.9 Å². The molecule has 0 bridgehead atoms. The van der Waals surface area contributed by atoms with Gasteiger partial charge in [-0.05, 0) is 84.4 Å². The first kappa shape index (κ1) is 82.7. The predicted octanol–water partition coefficient (Wildman–Crippen LogP) is 1.88. The number of phenols is 2. The molecule has 0 fully saturated rings. The number of carbonyl (C=O) groups is 10. The van der Waals surface area contributed by atoms with Crippen LogP contribution in [0, 0.1) is 11.7 Å². The van der Waals surface area contributed by atoms with Crippen LogP contribution in [0.1, 0.15) is 70.2 Å². The van der Waals surface area contributed by atoms with Gasteiger partial charge in [-0.1, -0.05) is 38.1 Å². The van der Waals surface area contributed by atoms with Gasteiger partial charge in [0.1, 0.15) is 35.1 Å². The van der Waals surface area contributed by atoms with E-state index in [0.29, 0.717) is 105 Å². The van der Waals surface area contributed by atoms with Crippen LogP contribution < -0.4 is 62.6 Å². The van der Waals surface area contributed by atoms with Gasteiger partial charge in [0.05, 0.1) is 131 Å². The van der Waals surface area contributed by atoms with Gasteiger partial charge in [-0.15, -0.1) is 0 Å². The Morgan fingerprint density at radius 3 is 1.71 bits per heavy atom. The zero-order valence-corrected chi connectivity index (χ0v) is 60.5. The van der Waals surface area contributed by atoms with E-state index in [9.17, 15) is 62.5 Å². The molecule has 8 amide bonds. The SMILES string of the molecule is CC(=O)NCC(=O)N[C@@H](Cc1c[nH]c2ccccc12)C(=O)NCC(=O)NCC(=O)NCC(=O)NC(C(=O)NCCOCCNC(=O)c1ccc(OC(=O)CCOCCOCCOCCOCCOCCOCCNC(=S)Nc2ccc3c(c2)C(=O)OC32c3ccc(O)cc3Oc3cc(O)ccc32)c(F)c1)C(C)C. The summed E-state index contributed by atoms with van der Waals surface area (Å²) in [5.41, 5.74) is 2.58. The number of aromatic nitrogens is 1. The molecule has 2 atom stereocenters. The second kappa shape index (κ2) is 42.4. The Morgan fingerprint density at radius 1 is 0.565 bits per heavy atom. The van der Waals surface area contributed by atoms with E-state index in [0.717, 1.165) is 23.0 Å². The van der Waals surface area contributed by atoms with E-state index in [4.69, 9.17) is 59.6 Å². The number of anilines is 1. The number of hydrogen-bond donors (Lipinski definition) is 13. The molecule has 580 valence electrons. The summed E-state index contributed by atoms with van der Waals surface area (Å²) in [4.78, 5) is 130. The van der Waals surface area contributed by atoms with E-state index >= 15 is 0 Å². The maximum Gasteiger partial charge on any atom is 0.340 e. The molecule has 108 heavy (non-hydrogen) atoms. The third-order valence-electron chi connectivity index (χ3n) is 16.2. The molecule has 1 spiro atoms. The summed E-state index contributed by atoms with van der Waals surface area (Å²) in [5.74, 6) is -7.64. The lowest BCUT2D eigenvalue weighted by molar-refractivity contribution is -0.136. The molecule has 5 aromatic carbocycles. The fourth-order valence-corrected chi connectivity index (χ4v) is 11.2. The van der Waals surface area contributed by atoms with Crippen molar-refractivity contribution in [3.8, 4) is 28.7 Å². The number of fused-ring (bicyclic) bond motifs is 7. The average Bonchev–Trinajstić information content (AvgIpc) is 1.48. The van der Waals surface area contributed by atoms with E-state index in [2.05, 4.69) is 58.2 Å². The predicted molar refractivity (Wildman–Crippen MR) is 388 cm³/mol. The number of H-pyrrole nitrogens is 1. The first-order valence-corrected chi connectivity index (χ1v) is 35.1. The van der Waals surface area contributed by atoms with E-state index < -0.39 is 102 Å². The van der Waals surface area contributed by atoms with Crippen molar-refractivity contribution in [1.29, 1.82) is 0 Å². The zero-order chi connectivity index (χ0) is 77.4. The van der Waals surface area contributed by atoms with Gasteiger partial charge in [0.15, 0.2) is 22.3 Å². The molecule has 3 heterocycles. The first-order chi connectivity index (χ1) is 52.1. The molecular weight excluding hydrogens is 1430 g/mol. The largest absolute Gasteiger partial charge is 0.508 e. The molecule has 0 aliphatic carbocycles. The maximum atomic E-state index is 14.9. The minimum Gasteiger partial charge on any atom is -0.508 e. The monoisotopic (exact) mass is 1520 g/mol. The van der Waals surface area contributed by atoms with E-state index in [-0.39, 0.29) is 106 Å². The smallest absolute Gasteiger partial charge is 0.340 e. The van der Waals surface area contributed by atoms with Crippen LogP contribution in [0.25, 0.3) is 10.9 Å². The molecule has 6 aromatic rings. The second-order valence-electron chi connectivity index (χ2n) is 24.5. The Kier molecular flexibility index (Phi) is 32.5. The molecule has 1 unspecified atom stereocenters. The number of esters is 2. The number of para-hydroxylation sites is 1. The van der Waals surface area contributed by atoms with Crippen LogP contribution in [0.2, 0.25) is 0 Å². The summed E-state index contributed by atoms with van der Waals surface area (Å²) in [5, 5.41) is 47.5. The van der Waals surface area contributed by atoms with E-state index in [1.54, 1.807) is 50.4 Å². The van der Waals surface area contributed by atoms with Crippen molar-refractivity contribution < 1.29 is 110 Å². The molecule has 0 radical (unpaired) electrons. The second-order valence-corrected chi connectivity index (χ2v) is 24.9. The van der Waals surface area contributed by atoms with Crippen LogP contribution in [0.3, 0.4) is 0 Å². The summed E-state index contributed by atoms with van der Waals surface area (Å²) >= 11 is 5.48. The number of ether oxygens (including phenoxy) is 10. The molecule has 1 aromatic heterocycles. The molecule has 0 saturated heterocycles. The first-order valence-electron chi connectivity index (χ1n) is 34.7. The number of hydrogen-bond acceptors (Lipinski definition) is 23. The van der Waals surface area contributed by atoms with Crippen LogP contribution >= 0.6 is 12.2 Å². The molecule has 13 N–H and O–H groups in total. The third kappa shape index (κ3) is 25.4. The quantitative estimate of drug-likeness (QED) is 0.0112. The van der Waals surface area contributed by atoms with Crippen molar-refractivity contribution in [3.63, 3.8) is 0 Å². The van der Waals surface area contributed by atoms with Crippen molar-refractivity contribution in [2.75, 3.05) is 144 Å². The van der Waals surface area contributed by atoms with Crippen molar-refractivity contribution in [2.45, 2.75) is 51.3 Å². The summed E-state index contributed by atoms with van der Waals surface area (Å²) in [6.07, 6.45) is 1.57. The summed E-state index contributed by atoms with van der Waals surface area (Å²) in [6, 6.07) is 22.9. The number of carbonyl (C=O) groups excluding carboxylic acids is 10. The Balaban J connectivity index is 0.568. The van der Waals surface area contributed by atoms with Crippen molar-refractivity contribution >= 4 is 93.1 Å². The Labute approximate surface area is 625 Å². The Hall–Kier alpha value is -10.9. The molecule has 0 saturated carbocycles. The van der Waals surface area contributed by atoms with Crippen LogP contribution in [-0.4, -0.2) is 230 Å². The van der Waals surface area contributed by atoms with Crippen molar-refractivity contribution in [3.05, 3.63) is 142 Å². The molecule has 8 rings (SSSR count). The number of aromatic hydroxyl groups is 2. The van der Waals surface area contributed by atoms with Gasteiger partial charge in [0.25, 0.3) is 5.91 Å². The van der Waals surface area contributed by atoms with Gasteiger partial charge < -0.3 is 116 Å². The number of nitrogens with one attached hydrogen (secondary N) is 11. The van der Waals surface area contributed by atoms with E-state index in [1.165, 1.54) is 37.3 Å². The lowest BCUT2D eigenvalue weighted by Gasteiger charge is -2.36. The zero-order valence-electron chi connectivity index (χ0n) is 59.7. The van der Waals surface area contributed by atoms with Gasteiger partial charge in [-0.25, -0.2) is 9.18 Å². The highest BCUT2D eigenvalue weighted by atomic mass is 32.1. The van der Waals surface area contributed by atoms with Crippen LogP contribution in [-0.2, 0) is 88.3 Å². The molecular formula is C73H88FN11O22S. The van der Waals surface area contributed by atoms with Gasteiger partial charge in [0, 0.05) is 90.2 Å². The maximum absolute atomic E-state index is 14.9. The molecule has 2 aliphatic heterocycles. The minimum absolute atomic E-state index is 0.0131. The van der Waals surface area contributed by atoms with Crippen LogP contribution in [0.4, 0.5) is 10.1 Å². The van der Waals surface area contributed by atoms with Gasteiger partial charge in [-0.3, -0.25) is 43.2 Å². The van der Waals surface area contributed by atoms with Crippen molar-refractivity contribution in [2.24, 2.45) is 5.92 Å². The topological polar surface area (TPSA) is 440 Å². The fraction of sp³-hybridized carbons (Fsp3) is 0.411. The fourth-order valence-electron chi connectivity index (χ4n) is 11.0. The number of aromatic amines is 1. The van der Waals surface area contributed by atoms with Gasteiger partial charge in [-0.2, -0.15) is 0 Å². The standard InChI is InChI=1S/C73H88FN11O22S/c1-44(2)67(85-65(92)43-81-62(89)40-80-63(90)41-82-69(95)58(84-64(91)42-78-45(3)86)35-47-39-79-57-7-5-4-6-51(47)57)70(96)76-18-22-99-21-17-75-68(94)46-8-15-59(56(74)34-46)106-66(93)16-20-98-24-26-101-28-30-103-32-33-104-31-29-102-27-25-100-23-19-77-72(108)83-48-9-12-53-52(36-48)71(97)107-73(53)54-13-10-49(87)37-60(54)105-61-38-50(88)11-14-55(61)73/h4-15,34,36-39,44,58,67,79,87-88H,16-33,35,40-43H2,1-3H3,(H,75,94)(H,76,96)(H,78,86)(H,80,90)(H,81,89)(H,82,95)(H,84,91)(H,85,92)(H2,77,83,108)/t58-,67?/m0/s1. The highest BCUT2D eigenvalue weighted by Crippen LogP contribution is 2.57. The number of phenolic OH excluding ortho intramolecular Hbond substituents is 2. The molecule has 35 heteroatoms. The molecule has 33 nitrogen and oxygen atoms in total. The highest BCUT2D eigenvalue weighted by Gasteiger charge is 2.54. The number of amides is 8. The summed E-state index contributed by atoms with van der Waals surface area (Å²) in [6.45, 7) is 6.59. The molecule has 2 aliphatic rings. The highest BCUT2D eigenvalue weighted by molar-refractivity contribution is 7.80. The third-order valence-corrected chi connectivity index (χ3v) is 16.4. The average molecular weight is 1520 g/mol. The number of benzene rings is 5. The normalized spacial score (nSPS) is 12.8. The Bertz CT molecular complexity index is 4090. The van der Waals surface area contributed by atoms with Crippen molar-refractivity contribution in [1.82, 2.24) is 52.8 Å². The minimum atomic E-state index is -1.37. The van der Waals surface area contributed by atoms with Crippen LogP contribution in [0.5, 0.6) is 28.7 Å². The number of rotatable bonds is 45. The van der Waals surface area contributed by atoms with E-state index in [1.807, 2.05) is 24.3 Å². The lowest BCUT2D eigenvalue weighted by Crippen LogP contribution is -2.53. The summed E-state index contributed by atoms with van der Waals surface area (Å²) < 4.78 is 70.8. The number of halogens is 1. The Morgan fingerprint density at radius 2 is 1.10 bits per heavy atom. The summed E-state index contributed by atoms with van der Waals surface area (Å²) in [7, 11) is 0. The lowest BCUT2D eigenvalue weighted by atomic mass is 9.77. The number of thiocarbonyl (C=S) groups is 1.